The maximum atomic E-state index is 12.5. The van der Waals surface area contributed by atoms with Gasteiger partial charge in [0.25, 0.3) is 0 Å². The van der Waals surface area contributed by atoms with Crippen molar-refractivity contribution in [2.45, 2.75) is 31.0 Å². The normalized spacial score (nSPS) is 41.4. The van der Waals surface area contributed by atoms with Gasteiger partial charge in [-0.05, 0) is 30.5 Å². The number of allylic oxidation sites excluding steroid dienone is 1. The zero-order valence-electron chi connectivity index (χ0n) is 11.7. The summed E-state index contributed by atoms with van der Waals surface area (Å²) >= 11 is 0. The zero-order chi connectivity index (χ0) is 14.1. The van der Waals surface area contributed by atoms with Crippen molar-refractivity contribution >= 4 is 5.78 Å². The Bertz CT molecular complexity index is 633. The first-order valence-corrected chi connectivity index (χ1v) is 7.15. The topological polar surface area (TPSA) is 46.5 Å². The molecule has 1 N–H and O–H groups in total. The van der Waals surface area contributed by atoms with Gasteiger partial charge in [-0.25, -0.2) is 0 Å². The summed E-state index contributed by atoms with van der Waals surface area (Å²) in [5.41, 5.74) is 1.99. The summed E-state index contributed by atoms with van der Waals surface area (Å²) in [7, 11) is 1.64. The molecule has 1 fully saturated rings. The van der Waals surface area contributed by atoms with Gasteiger partial charge in [-0.15, -0.1) is 0 Å². The van der Waals surface area contributed by atoms with Crippen molar-refractivity contribution < 1.29 is 14.6 Å². The first-order valence-electron chi connectivity index (χ1n) is 7.15. The van der Waals surface area contributed by atoms with E-state index in [1.165, 1.54) is 0 Å². The Kier molecular flexibility index (Phi) is 2.34. The molecule has 0 aliphatic heterocycles. The quantitative estimate of drug-likeness (QED) is 0.850. The second-order valence-electron chi connectivity index (χ2n) is 6.28. The molecule has 0 heterocycles. The van der Waals surface area contributed by atoms with Crippen molar-refractivity contribution in [3.8, 4) is 0 Å². The van der Waals surface area contributed by atoms with E-state index in [4.69, 9.17) is 4.74 Å². The number of ketones is 1. The number of hydrogen-bond acceptors (Lipinski definition) is 3. The first kappa shape index (κ1) is 12.3. The van der Waals surface area contributed by atoms with E-state index >= 15 is 0 Å². The number of aliphatic hydroxyl groups is 1. The fourth-order valence-electron chi connectivity index (χ4n) is 4.74. The highest BCUT2D eigenvalue weighted by Gasteiger charge is 2.64. The molecule has 1 aromatic carbocycles. The van der Waals surface area contributed by atoms with Crippen LogP contribution in [0.15, 0.2) is 35.9 Å². The molecule has 4 bridgehead atoms. The summed E-state index contributed by atoms with van der Waals surface area (Å²) in [6.45, 7) is 1.96. The van der Waals surface area contributed by atoms with Gasteiger partial charge >= 0.3 is 0 Å². The number of hydrogen-bond donors (Lipinski definition) is 1. The maximum Gasteiger partial charge on any atom is 0.164 e. The summed E-state index contributed by atoms with van der Waals surface area (Å²) in [6, 6.07) is 7.97. The van der Waals surface area contributed by atoms with Gasteiger partial charge in [0.2, 0.25) is 0 Å². The van der Waals surface area contributed by atoms with Crippen molar-refractivity contribution in [2.75, 3.05) is 7.11 Å². The van der Waals surface area contributed by atoms with E-state index in [1.807, 2.05) is 25.1 Å². The average Bonchev–Trinajstić information content (AvgIpc) is 2.44. The maximum absolute atomic E-state index is 12.5. The third-order valence-corrected chi connectivity index (χ3v) is 5.51. The molecule has 104 valence electrons. The molecule has 5 atom stereocenters. The van der Waals surface area contributed by atoms with Crippen LogP contribution in [0, 0.1) is 11.8 Å². The average molecular weight is 270 g/mol. The number of methoxy groups -OCH3 is 1. The van der Waals surface area contributed by atoms with Crippen molar-refractivity contribution in [1.82, 2.24) is 0 Å². The van der Waals surface area contributed by atoms with E-state index in [0.29, 0.717) is 0 Å². The first-order chi connectivity index (χ1) is 9.59. The molecule has 0 aromatic heterocycles. The number of benzene rings is 1. The van der Waals surface area contributed by atoms with Crippen LogP contribution in [-0.2, 0) is 15.1 Å². The van der Waals surface area contributed by atoms with Gasteiger partial charge in [0.15, 0.2) is 5.78 Å². The number of ether oxygens (including phenoxy) is 1. The summed E-state index contributed by atoms with van der Waals surface area (Å²) in [5.74, 6) is -0.216. The van der Waals surface area contributed by atoms with Crippen molar-refractivity contribution in [3.05, 3.63) is 47.0 Å². The highest BCUT2D eigenvalue weighted by atomic mass is 16.5. The summed E-state index contributed by atoms with van der Waals surface area (Å²) in [4.78, 5) is 12.5. The van der Waals surface area contributed by atoms with Crippen LogP contribution in [0.1, 0.15) is 30.4 Å². The Morgan fingerprint density at radius 3 is 2.85 bits per heavy atom. The Morgan fingerprint density at radius 1 is 1.35 bits per heavy atom. The minimum atomic E-state index is -1.10. The molecule has 3 nitrogen and oxygen atoms in total. The van der Waals surface area contributed by atoms with E-state index < -0.39 is 11.5 Å². The highest BCUT2D eigenvalue weighted by molar-refractivity contribution is 5.96. The second kappa shape index (κ2) is 3.80. The summed E-state index contributed by atoms with van der Waals surface area (Å²) in [6.07, 6.45) is 2.35. The lowest BCUT2D eigenvalue weighted by Gasteiger charge is -2.59. The van der Waals surface area contributed by atoms with E-state index in [9.17, 15) is 9.90 Å². The minimum absolute atomic E-state index is 0.00676. The Hall–Kier alpha value is -1.45. The summed E-state index contributed by atoms with van der Waals surface area (Å²) < 4.78 is 5.63. The number of rotatable bonds is 1. The smallest absolute Gasteiger partial charge is 0.164 e. The van der Waals surface area contributed by atoms with Crippen LogP contribution in [0.5, 0.6) is 0 Å². The van der Waals surface area contributed by atoms with E-state index in [0.717, 1.165) is 23.1 Å². The van der Waals surface area contributed by atoms with Crippen LogP contribution < -0.4 is 0 Å². The van der Waals surface area contributed by atoms with Gasteiger partial charge in [-0.3, -0.25) is 4.79 Å². The van der Waals surface area contributed by atoms with Crippen LogP contribution >= 0.6 is 0 Å². The monoisotopic (exact) mass is 270 g/mol. The van der Waals surface area contributed by atoms with E-state index in [1.54, 1.807) is 13.2 Å². The standard InChI is InChI=1S/C17H18O3/c1-9-7-14(18)15-16(20-2)11-8-13(9)17(15,19)12-6-4-3-5-10(11)12/h3-7,11,13,15-16,19H,8H2,1-2H3/t11-,13-,15-,16?,17-/m1/s1. The number of carbonyl (C=O) groups is 1. The van der Waals surface area contributed by atoms with Crippen LogP contribution in [-0.4, -0.2) is 24.1 Å². The van der Waals surface area contributed by atoms with Crippen LogP contribution in [0.25, 0.3) is 0 Å². The second-order valence-corrected chi connectivity index (χ2v) is 6.28. The number of carbonyl (C=O) groups excluding carboxylic acids is 1. The molecular formula is C17H18O3. The Balaban J connectivity index is 2.04. The van der Waals surface area contributed by atoms with E-state index in [-0.39, 0.29) is 23.7 Å². The third-order valence-electron chi connectivity index (χ3n) is 5.51. The highest BCUT2D eigenvalue weighted by Crippen LogP contribution is 2.62. The van der Waals surface area contributed by atoms with Gasteiger partial charge < -0.3 is 9.84 Å². The molecule has 0 amide bonds. The minimum Gasteiger partial charge on any atom is -0.384 e. The lowest BCUT2D eigenvalue weighted by molar-refractivity contribution is -0.179. The molecule has 3 heteroatoms. The van der Waals surface area contributed by atoms with E-state index in [2.05, 4.69) is 6.07 Å². The summed E-state index contributed by atoms with van der Waals surface area (Å²) in [5, 5.41) is 11.5. The fraction of sp³-hybridized carbons (Fsp3) is 0.471. The molecule has 1 aromatic rings. The van der Waals surface area contributed by atoms with Gasteiger partial charge in [0.1, 0.15) is 5.60 Å². The van der Waals surface area contributed by atoms with Gasteiger partial charge in [-0.1, -0.05) is 29.8 Å². The lowest BCUT2D eigenvalue weighted by atomic mass is 9.49. The Labute approximate surface area is 118 Å². The zero-order valence-corrected chi connectivity index (χ0v) is 11.7. The van der Waals surface area contributed by atoms with Crippen LogP contribution in [0.2, 0.25) is 0 Å². The third kappa shape index (κ3) is 1.21. The molecule has 1 saturated carbocycles. The van der Waals surface area contributed by atoms with Gasteiger partial charge in [-0.2, -0.15) is 0 Å². The van der Waals surface area contributed by atoms with Crippen LogP contribution in [0.3, 0.4) is 0 Å². The van der Waals surface area contributed by atoms with Crippen molar-refractivity contribution in [1.29, 1.82) is 0 Å². The van der Waals surface area contributed by atoms with Gasteiger partial charge in [0, 0.05) is 18.9 Å². The predicted molar refractivity (Wildman–Crippen MR) is 74.2 cm³/mol. The molecule has 0 radical (unpaired) electrons. The van der Waals surface area contributed by atoms with Gasteiger partial charge in [0.05, 0.1) is 12.0 Å². The molecule has 0 saturated heterocycles. The Morgan fingerprint density at radius 2 is 2.10 bits per heavy atom. The SMILES string of the molecule is COC1[C@@H]2C[C@@H]3C(C)=CC(=O)[C@H]1[C@@]3(O)c1ccccc12. The van der Waals surface area contributed by atoms with Crippen molar-refractivity contribution in [3.63, 3.8) is 0 Å². The lowest BCUT2D eigenvalue weighted by Crippen LogP contribution is -2.63. The van der Waals surface area contributed by atoms with Crippen molar-refractivity contribution in [2.24, 2.45) is 11.8 Å². The molecule has 5 rings (SSSR count). The molecule has 0 spiro atoms. The predicted octanol–water partition coefficient (Wildman–Crippen LogP) is 2.15. The molecule has 4 aliphatic carbocycles. The molecular weight excluding hydrogens is 252 g/mol. The van der Waals surface area contributed by atoms with Crippen LogP contribution in [0.4, 0.5) is 0 Å². The fourth-order valence-corrected chi connectivity index (χ4v) is 4.74. The largest absolute Gasteiger partial charge is 0.384 e. The molecule has 20 heavy (non-hydrogen) atoms. The molecule has 4 aliphatic rings. The molecule has 1 unspecified atom stereocenters.